The fraction of sp³-hybridized carbons (Fsp3) is 0. The van der Waals surface area contributed by atoms with E-state index in [-0.39, 0.29) is 0 Å². The molecule has 0 fully saturated rings. The molecule has 0 spiro atoms. The summed E-state index contributed by atoms with van der Waals surface area (Å²) in [6.45, 7) is 0. The van der Waals surface area contributed by atoms with Crippen LogP contribution in [0.25, 0.3) is 128 Å². The number of hydrogen-bond acceptors (Lipinski definition) is 2. The van der Waals surface area contributed by atoms with E-state index in [0.29, 0.717) is 5.82 Å². The van der Waals surface area contributed by atoms with Crippen molar-refractivity contribution < 1.29 is 0 Å². The van der Waals surface area contributed by atoms with E-state index in [1.165, 1.54) is 43.4 Å². The SMILES string of the molecule is c1ccc(-c2nc(-c3cccc(-c4ccc(-n5c6ccccc6c6ccccc65)cc4)c3)cc(-c3cc(-n4c5ccccc5c5ccccc54)cc(-n4c5ccccc5c5ccccc54)c3)n2)cc1. The van der Waals surface area contributed by atoms with Crippen molar-refractivity contribution in [2.24, 2.45) is 0 Å². The van der Waals surface area contributed by atoms with Crippen LogP contribution in [0.5, 0.6) is 0 Å². The summed E-state index contributed by atoms with van der Waals surface area (Å²) in [6, 6.07) is 89.2. The zero-order valence-corrected chi connectivity index (χ0v) is 37.4. The van der Waals surface area contributed by atoms with Crippen LogP contribution >= 0.6 is 0 Å². The lowest BCUT2D eigenvalue weighted by atomic mass is 10.00. The molecule has 0 amide bonds. The Hall–Kier alpha value is -9.32. The Morgan fingerprint density at radius 1 is 0.217 bits per heavy atom. The van der Waals surface area contributed by atoms with Crippen LogP contribution in [0.3, 0.4) is 0 Å². The topological polar surface area (TPSA) is 40.6 Å². The maximum Gasteiger partial charge on any atom is 0.160 e. The quantitative estimate of drug-likeness (QED) is 0.160. The predicted molar refractivity (Wildman–Crippen MR) is 287 cm³/mol. The van der Waals surface area contributed by atoms with Gasteiger partial charge in [0, 0.05) is 66.1 Å². The molecule has 0 saturated carbocycles. The highest BCUT2D eigenvalue weighted by Gasteiger charge is 2.20. The molecule has 0 unspecified atom stereocenters. The van der Waals surface area contributed by atoms with Gasteiger partial charge in [-0.1, -0.05) is 170 Å². The van der Waals surface area contributed by atoms with Crippen molar-refractivity contribution in [3.8, 4) is 62.1 Å². The Morgan fingerprint density at radius 2 is 0.580 bits per heavy atom. The molecule has 4 heterocycles. The molecule has 14 aromatic rings. The van der Waals surface area contributed by atoms with Crippen molar-refractivity contribution in [3.05, 3.63) is 249 Å². The lowest BCUT2D eigenvalue weighted by Crippen LogP contribution is -2.01. The van der Waals surface area contributed by atoms with Crippen LogP contribution in [-0.4, -0.2) is 23.7 Å². The van der Waals surface area contributed by atoms with Crippen LogP contribution in [0.15, 0.2) is 249 Å². The van der Waals surface area contributed by atoms with Gasteiger partial charge in [0.1, 0.15) is 0 Å². The minimum absolute atomic E-state index is 0.671. The Kier molecular flexibility index (Phi) is 8.83. The molecule has 0 bridgehead atoms. The second-order valence-corrected chi connectivity index (χ2v) is 17.8. The van der Waals surface area contributed by atoms with E-state index in [0.717, 1.165) is 78.3 Å². The van der Waals surface area contributed by atoms with Crippen molar-refractivity contribution in [1.29, 1.82) is 0 Å². The van der Waals surface area contributed by atoms with Gasteiger partial charge in [0.05, 0.1) is 44.5 Å². The zero-order chi connectivity index (χ0) is 45.4. The third-order valence-corrected chi connectivity index (χ3v) is 13.8. The van der Waals surface area contributed by atoms with E-state index in [4.69, 9.17) is 9.97 Å². The summed E-state index contributed by atoms with van der Waals surface area (Å²) in [7, 11) is 0. The van der Waals surface area contributed by atoms with Gasteiger partial charge in [-0.3, -0.25) is 0 Å². The Balaban J connectivity index is 0.953. The number of fused-ring (bicyclic) bond motifs is 9. The highest BCUT2D eigenvalue weighted by Crippen LogP contribution is 2.39. The van der Waals surface area contributed by atoms with Gasteiger partial charge in [-0.15, -0.1) is 0 Å². The van der Waals surface area contributed by atoms with Crippen LogP contribution in [-0.2, 0) is 0 Å². The highest BCUT2D eigenvalue weighted by atomic mass is 15.0. The maximum atomic E-state index is 5.42. The molecule has 14 rings (SSSR count). The average Bonchev–Trinajstić information content (AvgIpc) is 4.07. The summed E-state index contributed by atoms with van der Waals surface area (Å²) in [4.78, 5) is 10.7. The van der Waals surface area contributed by atoms with Gasteiger partial charge in [-0.25, -0.2) is 9.97 Å². The molecule has 0 saturated heterocycles. The molecular weight excluding hydrogens is 839 g/mol. The molecule has 5 nitrogen and oxygen atoms in total. The van der Waals surface area contributed by atoms with Gasteiger partial charge in [0.2, 0.25) is 0 Å². The number of rotatable bonds is 7. The molecule has 0 aliphatic carbocycles. The van der Waals surface area contributed by atoms with Crippen molar-refractivity contribution in [3.63, 3.8) is 0 Å². The van der Waals surface area contributed by atoms with Crippen LogP contribution in [0.2, 0.25) is 0 Å². The normalized spacial score (nSPS) is 11.8. The minimum atomic E-state index is 0.671. The van der Waals surface area contributed by atoms with Gasteiger partial charge in [0.15, 0.2) is 5.82 Å². The average molecular weight is 880 g/mol. The molecule has 5 heteroatoms. The van der Waals surface area contributed by atoms with E-state index in [1.54, 1.807) is 0 Å². The van der Waals surface area contributed by atoms with E-state index < -0.39 is 0 Å². The lowest BCUT2D eigenvalue weighted by Gasteiger charge is -2.16. The van der Waals surface area contributed by atoms with Crippen molar-refractivity contribution in [2.75, 3.05) is 0 Å². The standard InChI is InChI=1S/C64H41N5/c1-2-17-43(18-3-1)64-65-56(45-20-16-19-44(37-45)42-33-35-47(36-34-42)67-58-27-10-4-21-50(58)51-22-5-11-28-59(51)67)41-57(66-64)46-38-48(68-60-29-12-6-23-52(60)53-24-7-13-30-61(53)68)40-49(39-46)69-62-31-14-8-25-54(62)55-26-9-15-32-63(55)69/h1-41H. The molecule has 0 atom stereocenters. The van der Waals surface area contributed by atoms with Gasteiger partial charge in [-0.2, -0.15) is 0 Å². The van der Waals surface area contributed by atoms with Crippen molar-refractivity contribution in [1.82, 2.24) is 23.7 Å². The lowest BCUT2D eigenvalue weighted by molar-refractivity contribution is 1.13. The molecule has 0 aliphatic heterocycles. The van der Waals surface area contributed by atoms with Gasteiger partial charge in [-0.05, 0) is 90.0 Å². The summed E-state index contributed by atoms with van der Waals surface area (Å²) < 4.78 is 7.17. The number of hydrogen-bond donors (Lipinski definition) is 0. The van der Waals surface area contributed by atoms with E-state index in [1.807, 2.05) is 6.07 Å². The van der Waals surface area contributed by atoms with E-state index in [9.17, 15) is 0 Å². The number of para-hydroxylation sites is 6. The van der Waals surface area contributed by atoms with Gasteiger partial charge < -0.3 is 13.7 Å². The highest BCUT2D eigenvalue weighted by molar-refractivity contribution is 6.11. The molecule has 0 N–H and O–H groups in total. The number of nitrogens with zero attached hydrogens (tertiary/aromatic N) is 5. The largest absolute Gasteiger partial charge is 0.309 e. The number of benzene rings is 10. The van der Waals surface area contributed by atoms with Crippen molar-refractivity contribution >= 4 is 65.4 Å². The summed E-state index contributed by atoms with van der Waals surface area (Å²) >= 11 is 0. The molecule has 0 aliphatic rings. The Labute approximate surface area is 398 Å². The van der Waals surface area contributed by atoms with E-state index in [2.05, 4.69) is 256 Å². The summed E-state index contributed by atoms with van der Waals surface area (Å²) in [5, 5.41) is 7.38. The van der Waals surface area contributed by atoms with Crippen LogP contribution in [0, 0.1) is 0 Å². The number of aromatic nitrogens is 5. The molecule has 0 radical (unpaired) electrons. The fourth-order valence-corrected chi connectivity index (χ4v) is 10.7. The second kappa shape index (κ2) is 15.7. The maximum absolute atomic E-state index is 5.42. The van der Waals surface area contributed by atoms with Gasteiger partial charge in [0.25, 0.3) is 0 Å². The molecule has 322 valence electrons. The first kappa shape index (κ1) is 38.9. The molecular formula is C64H41N5. The van der Waals surface area contributed by atoms with Crippen LogP contribution in [0.1, 0.15) is 0 Å². The van der Waals surface area contributed by atoms with E-state index >= 15 is 0 Å². The predicted octanol–water partition coefficient (Wildman–Crippen LogP) is 16.4. The first-order valence-electron chi connectivity index (χ1n) is 23.5. The van der Waals surface area contributed by atoms with Crippen LogP contribution in [0.4, 0.5) is 0 Å². The van der Waals surface area contributed by atoms with Crippen LogP contribution < -0.4 is 0 Å². The third-order valence-electron chi connectivity index (χ3n) is 13.8. The second-order valence-electron chi connectivity index (χ2n) is 17.8. The fourth-order valence-electron chi connectivity index (χ4n) is 10.7. The summed E-state index contributed by atoms with van der Waals surface area (Å²) in [6.07, 6.45) is 0. The Morgan fingerprint density at radius 3 is 1.03 bits per heavy atom. The smallest absolute Gasteiger partial charge is 0.160 e. The monoisotopic (exact) mass is 879 g/mol. The zero-order valence-electron chi connectivity index (χ0n) is 37.4. The third kappa shape index (κ3) is 6.32. The first-order chi connectivity index (χ1) is 34.2. The molecule has 10 aromatic carbocycles. The summed E-state index contributed by atoms with van der Waals surface area (Å²) in [5.74, 6) is 0.671. The van der Waals surface area contributed by atoms with Crippen molar-refractivity contribution in [2.45, 2.75) is 0 Å². The molecule has 4 aromatic heterocycles. The molecule has 69 heavy (non-hydrogen) atoms. The Bertz CT molecular complexity index is 4010. The summed E-state index contributed by atoms with van der Waals surface area (Å²) in [5.41, 5.74) is 17.1. The van der Waals surface area contributed by atoms with Gasteiger partial charge >= 0.3 is 0 Å². The first-order valence-corrected chi connectivity index (χ1v) is 23.5. The minimum Gasteiger partial charge on any atom is -0.309 e.